The van der Waals surface area contributed by atoms with Crippen molar-refractivity contribution in [3.8, 4) is 5.75 Å². The molecule has 130 valence electrons. The average molecular weight is 341 g/mol. The van der Waals surface area contributed by atoms with Crippen molar-refractivity contribution >= 4 is 18.3 Å². The number of hydrogen-bond acceptors (Lipinski definition) is 3. The van der Waals surface area contributed by atoms with Gasteiger partial charge in [-0.2, -0.15) is 0 Å². The van der Waals surface area contributed by atoms with Gasteiger partial charge >= 0.3 is 0 Å². The number of para-hydroxylation sites is 1. The van der Waals surface area contributed by atoms with Gasteiger partial charge in [-0.05, 0) is 50.8 Å². The van der Waals surface area contributed by atoms with E-state index >= 15 is 0 Å². The summed E-state index contributed by atoms with van der Waals surface area (Å²) in [7, 11) is 0. The first-order chi connectivity index (χ1) is 10.7. The van der Waals surface area contributed by atoms with Crippen LogP contribution in [0.2, 0.25) is 0 Å². The molecule has 0 aromatic heterocycles. The largest absolute Gasteiger partial charge is 0.494 e. The summed E-state index contributed by atoms with van der Waals surface area (Å²) in [5.74, 6) is 2.11. The van der Waals surface area contributed by atoms with Crippen LogP contribution in [0.3, 0.4) is 0 Å². The summed E-state index contributed by atoms with van der Waals surface area (Å²) in [6.07, 6.45) is 2.98. The van der Waals surface area contributed by atoms with E-state index in [2.05, 4.69) is 17.6 Å². The fourth-order valence-electron chi connectivity index (χ4n) is 3.08. The second-order valence-corrected chi connectivity index (χ2v) is 6.09. The Labute approximate surface area is 145 Å². The molecule has 0 bridgehead atoms. The van der Waals surface area contributed by atoms with Gasteiger partial charge in [0.1, 0.15) is 5.75 Å². The van der Waals surface area contributed by atoms with Gasteiger partial charge in [0.2, 0.25) is 5.91 Å². The molecule has 1 aromatic rings. The van der Waals surface area contributed by atoms with Gasteiger partial charge in [-0.25, -0.2) is 0 Å². The van der Waals surface area contributed by atoms with Gasteiger partial charge in [0, 0.05) is 18.5 Å². The molecule has 0 spiro atoms. The van der Waals surface area contributed by atoms with Crippen LogP contribution in [-0.2, 0) is 11.3 Å². The van der Waals surface area contributed by atoms with Crippen LogP contribution < -0.4 is 15.4 Å². The molecule has 23 heavy (non-hydrogen) atoms. The third-order valence-electron chi connectivity index (χ3n) is 4.44. The maximum atomic E-state index is 12.2. The first-order valence-electron chi connectivity index (χ1n) is 8.38. The normalized spacial score (nSPS) is 16.3. The number of carbonyl (C=O) groups is 1. The monoisotopic (exact) mass is 340 g/mol. The highest BCUT2D eigenvalue weighted by atomic mass is 35.5. The van der Waals surface area contributed by atoms with Gasteiger partial charge in [0.15, 0.2) is 0 Å². The lowest BCUT2D eigenvalue weighted by atomic mass is 9.84. The Balaban J connectivity index is 0.00000264. The zero-order chi connectivity index (χ0) is 15.8. The lowest BCUT2D eigenvalue weighted by Gasteiger charge is -2.27. The standard InChI is InChI=1S/C18H28N2O2.ClH/c1-3-22-17-7-5-4-6-16(17)13-20-18(21)12-14(2)15-8-10-19-11-9-15;/h4-7,14-15,19H,3,8-13H2,1-2H3,(H,20,21);1H. The number of carbonyl (C=O) groups excluding carboxylic acids is 1. The summed E-state index contributed by atoms with van der Waals surface area (Å²) >= 11 is 0. The molecule has 1 aliphatic heterocycles. The summed E-state index contributed by atoms with van der Waals surface area (Å²) in [6.45, 7) is 7.50. The molecule has 1 aliphatic rings. The highest BCUT2D eigenvalue weighted by molar-refractivity contribution is 5.85. The summed E-state index contributed by atoms with van der Waals surface area (Å²) < 4.78 is 5.59. The number of halogens is 1. The number of nitrogens with one attached hydrogen (secondary N) is 2. The SMILES string of the molecule is CCOc1ccccc1CNC(=O)CC(C)C1CCNCC1.Cl. The Kier molecular flexibility index (Phi) is 9.03. The van der Waals surface area contributed by atoms with Crippen molar-refractivity contribution in [1.29, 1.82) is 0 Å². The zero-order valence-electron chi connectivity index (χ0n) is 14.1. The Morgan fingerprint density at radius 3 is 2.74 bits per heavy atom. The van der Waals surface area contributed by atoms with Gasteiger partial charge < -0.3 is 15.4 Å². The van der Waals surface area contributed by atoms with E-state index in [4.69, 9.17) is 4.74 Å². The smallest absolute Gasteiger partial charge is 0.220 e. The van der Waals surface area contributed by atoms with Crippen LogP contribution in [0.1, 0.15) is 38.7 Å². The molecule has 1 heterocycles. The summed E-state index contributed by atoms with van der Waals surface area (Å²) in [6, 6.07) is 7.88. The van der Waals surface area contributed by atoms with E-state index in [9.17, 15) is 4.79 Å². The number of hydrogen-bond donors (Lipinski definition) is 2. The summed E-state index contributed by atoms with van der Waals surface area (Å²) in [5, 5.41) is 6.41. The topological polar surface area (TPSA) is 50.4 Å². The average Bonchev–Trinajstić information content (AvgIpc) is 2.55. The molecule has 1 unspecified atom stereocenters. The van der Waals surface area contributed by atoms with E-state index < -0.39 is 0 Å². The number of rotatable bonds is 7. The second-order valence-electron chi connectivity index (χ2n) is 6.09. The van der Waals surface area contributed by atoms with E-state index in [-0.39, 0.29) is 18.3 Å². The molecule has 5 heteroatoms. The molecule has 4 nitrogen and oxygen atoms in total. The quantitative estimate of drug-likeness (QED) is 0.801. The van der Waals surface area contributed by atoms with E-state index in [1.54, 1.807) is 0 Å². The molecule has 1 fully saturated rings. The molecule has 2 N–H and O–H groups in total. The molecule has 0 radical (unpaired) electrons. The van der Waals surface area contributed by atoms with Crippen LogP contribution in [-0.4, -0.2) is 25.6 Å². The molecular weight excluding hydrogens is 312 g/mol. The summed E-state index contributed by atoms with van der Waals surface area (Å²) in [4.78, 5) is 12.2. The van der Waals surface area contributed by atoms with E-state index in [1.165, 1.54) is 12.8 Å². The van der Waals surface area contributed by atoms with E-state index in [0.717, 1.165) is 24.4 Å². The third-order valence-corrected chi connectivity index (χ3v) is 4.44. The minimum absolute atomic E-state index is 0. The van der Waals surface area contributed by atoms with Crippen molar-refractivity contribution in [2.24, 2.45) is 11.8 Å². The first-order valence-corrected chi connectivity index (χ1v) is 8.38. The number of benzene rings is 1. The Bertz CT molecular complexity index is 476. The molecule has 0 saturated carbocycles. The van der Waals surface area contributed by atoms with E-state index in [1.807, 2.05) is 31.2 Å². The van der Waals surface area contributed by atoms with E-state index in [0.29, 0.717) is 31.4 Å². The van der Waals surface area contributed by atoms with Crippen LogP contribution in [0, 0.1) is 11.8 Å². The third kappa shape index (κ3) is 6.40. The first kappa shape index (κ1) is 19.8. The van der Waals surface area contributed by atoms with Crippen LogP contribution in [0.5, 0.6) is 5.75 Å². The lowest BCUT2D eigenvalue weighted by Crippen LogP contribution is -2.33. The van der Waals surface area contributed by atoms with Crippen LogP contribution >= 0.6 is 12.4 Å². The predicted octanol–water partition coefficient (Wildman–Crippen LogP) is 3.15. The number of amides is 1. The number of ether oxygens (including phenoxy) is 1. The van der Waals surface area contributed by atoms with Crippen molar-refractivity contribution < 1.29 is 9.53 Å². The molecule has 1 atom stereocenters. The Hall–Kier alpha value is -1.26. The molecule has 2 rings (SSSR count). The van der Waals surface area contributed by atoms with Gasteiger partial charge in [0.05, 0.1) is 6.61 Å². The molecule has 1 saturated heterocycles. The van der Waals surface area contributed by atoms with Gasteiger partial charge in [-0.1, -0.05) is 25.1 Å². The predicted molar refractivity (Wildman–Crippen MR) is 96.1 cm³/mol. The highest BCUT2D eigenvalue weighted by Gasteiger charge is 2.21. The van der Waals surface area contributed by atoms with Gasteiger partial charge in [-0.15, -0.1) is 12.4 Å². The highest BCUT2D eigenvalue weighted by Crippen LogP contribution is 2.24. The van der Waals surface area contributed by atoms with Crippen molar-refractivity contribution in [2.45, 2.75) is 39.7 Å². The fraction of sp³-hybridized carbons (Fsp3) is 0.611. The molecule has 1 amide bonds. The Morgan fingerprint density at radius 2 is 2.04 bits per heavy atom. The van der Waals surface area contributed by atoms with Crippen LogP contribution in [0.15, 0.2) is 24.3 Å². The van der Waals surface area contributed by atoms with Crippen LogP contribution in [0.25, 0.3) is 0 Å². The van der Waals surface area contributed by atoms with Crippen molar-refractivity contribution in [3.05, 3.63) is 29.8 Å². The molecule has 0 aliphatic carbocycles. The maximum absolute atomic E-state index is 12.2. The zero-order valence-corrected chi connectivity index (χ0v) is 15.0. The minimum Gasteiger partial charge on any atom is -0.494 e. The van der Waals surface area contributed by atoms with Crippen molar-refractivity contribution in [3.63, 3.8) is 0 Å². The number of piperidine rings is 1. The van der Waals surface area contributed by atoms with Crippen molar-refractivity contribution in [2.75, 3.05) is 19.7 Å². The molecule has 1 aromatic carbocycles. The van der Waals surface area contributed by atoms with Crippen LogP contribution in [0.4, 0.5) is 0 Å². The Morgan fingerprint density at radius 1 is 1.35 bits per heavy atom. The van der Waals surface area contributed by atoms with Crippen molar-refractivity contribution in [1.82, 2.24) is 10.6 Å². The van der Waals surface area contributed by atoms with Gasteiger partial charge in [-0.3, -0.25) is 4.79 Å². The fourth-order valence-corrected chi connectivity index (χ4v) is 3.08. The minimum atomic E-state index is 0. The van der Waals surface area contributed by atoms with Gasteiger partial charge in [0.25, 0.3) is 0 Å². The molecular formula is C18H29ClN2O2. The second kappa shape index (κ2) is 10.5. The lowest BCUT2D eigenvalue weighted by molar-refractivity contribution is -0.122. The summed E-state index contributed by atoms with van der Waals surface area (Å²) in [5.41, 5.74) is 1.03. The maximum Gasteiger partial charge on any atom is 0.220 e.